The number of aromatic nitrogens is 1. The van der Waals surface area contributed by atoms with Crippen molar-refractivity contribution in [3.05, 3.63) is 69.2 Å². The first-order valence-corrected chi connectivity index (χ1v) is 7.85. The third-order valence-electron chi connectivity index (χ3n) is 3.16. The van der Waals surface area contributed by atoms with Crippen LogP contribution in [0, 0.1) is 0 Å². The first kappa shape index (κ1) is 13.6. The monoisotopic (exact) mass is 390 g/mol. The highest BCUT2D eigenvalue weighted by Crippen LogP contribution is 2.31. The number of hydrogen-bond acceptors (Lipinski definition) is 2. The van der Waals surface area contributed by atoms with Gasteiger partial charge in [0.25, 0.3) is 0 Å². The van der Waals surface area contributed by atoms with Crippen LogP contribution < -0.4 is 5.32 Å². The molecule has 0 atom stereocenters. The van der Waals surface area contributed by atoms with E-state index in [2.05, 4.69) is 54.3 Å². The van der Waals surface area contributed by atoms with E-state index in [4.69, 9.17) is 0 Å². The summed E-state index contributed by atoms with van der Waals surface area (Å²) < 4.78 is 2.09. The highest BCUT2D eigenvalue weighted by atomic mass is 79.9. The molecule has 2 aromatic carbocycles. The topological polar surface area (TPSA) is 24.9 Å². The van der Waals surface area contributed by atoms with Gasteiger partial charge in [-0.15, -0.1) is 0 Å². The van der Waals surface area contributed by atoms with Crippen molar-refractivity contribution in [2.45, 2.75) is 6.54 Å². The predicted molar refractivity (Wildman–Crippen MR) is 90.9 cm³/mol. The summed E-state index contributed by atoms with van der Waals surface area (Å²) in [5, 5.41) is 4.65. The Balaban J connectivity index is 1.91. The van der Waals surface area contributed by atoms with E-state index < -0.39 is 0 Å². The molecule has 0 fully saturated rings. The number of hydrogen-bond donors (Lipinski definition) is 1. The van der Waals surface area contributed by atoms with Crippen molar-refractivity contribution in [3.63, 3.8) is 0 Å². The molecule has 4 heteroatoms. The summed E-state index contributed by atoms with van der Waals surface area (Å²) in [4.78, 5) is 4.39. The van der Waals surface area contributed by atoms with E-state index in [1.54, 1.807) is 0 Å². The van der Waals surface area contributed by atoms with Gasteiger partial charge in [0.2, 0.25) is 0 Å². The minimum Gasteiger partial charge on any atom is -0.379 e. The average molecular weight is 392 g/mol. The lowest BCUT2D eigenvalue weighted by Gasteiger charge is -2.12. The molecule has 0 amide bonds. The molecule has 1 N–H and O–H groups in total. The molecule has 0 saturated heterocycles. The molecule has 0 aliphatic heterocycles. The minimum absolute atomic E-state index is 0.754. The van der Waals surface area contributed by atoms with Gasteiger partial charge in [0.05, 0.1) is 11.2 Å². The molecule has 0 saturated carbocycles. The molecule has 0 unspecified atom stereocenters. The minimum atomic E-state index is 0.754. The van der Waals surface area contributed by atoms with Crippen molar-refractivity contribution in [2.75, 3.05) is 5.32 Å². The maximum atomic E-state index is 4.39. The quantitative estimate of drug-likeness (QED) is 0.648. The molecule has 0 aliphatic carbocycles. The number of fused-ring (bicyclic) bond motifs is 1. The van der Waals surface area contributed by atoms with Crippen LogP contribution in [0.4, 0.5) is 5.69 Å². The Labute approximate surface area is 134 Å². The van der Waals surface area contributed by atoms with Crippen LogP contribution in [-0.4, -0.2) is 4.98 Å². The number of anilines is 1. The number of para-hydroxylation sites is 2. The van der Waals surface area contributed by atoms with Gasteiger partial charge in [-0.2, -0.15) is 0 Å². The van der Waals surface area contributed by atoms with Crippen LogP contribution in [0.15, 0.2) is 63.7 Å². The van der Waals surface area contributed by atoms with E-state index in [1.807, 2.05) is 42.6 Å². The van der Waals surface area contributed by atoms with Crippen LogP contribution >= 0.6 is 31.9 Å². The Morgan fingerprint density at radius 1 is 0.900 bits per heavy atom. The van der Waals surface area contributed by atoms with Crippen molar-refractivity contribution < 1.29 is 0 Å². The van der Waals surface area contributed by atoms with Gasteiger partial charge in [0.15, 0.2) is 0 Å². The SMILES string of the molecule is Brc1cccc(Br)c1NCc1ccnc2ccccc12. The van der Waals surface area contributed by atoms with E-state index in [-0.39, 0.29) is 0 Å². The lowest BCUT2D eigenvalue weighted by Crippen LogP contribution is -2.02. The summed E-state index contributed by atoms with van der Waals surface area (Å²) in [6.07, 6.45) is 1.86. The zero-order valence-corrected chi connectivity index (χ0v) is 13.8. The number of benzene rings is 2. The van der Waals surface area contributed by atoms with Gasteiger partial charge in [-0.05, 0) is 61.7 Å². The fraction of sp³-hybridized carbons (Fsp3) is 0.0625. The highest BCUT2D eigenvalue weighted by Gasteiger charge is 2.06. The molecule has 20 heavy (non-hydrogen) atoms. The summed E-state index contributed by atoms with van der Waals surface area (Å²) >= 11 is 7.13. The van der Waals surface area contributed by atoms with E-state index in [0.717, 1.165) is 26.7 Å². The molecule has 2 nitrogen and oxygen atoms in total. The molecule has 3 aromatic rings. The predicted octanol–water partition coefficient (Wildman–Crippen LogP) is 5.37. The Morgan fingerprint density at radius 3 is 2.45 bits per heavy atom. The maximum Gasteiger partial charge on any atom is 0.0705 e. The van der Waals surface area contributed by atoms with Gasteiger partial charge in [0.1, 0.15) is 0 Å². The van der Waals surface area contributed by atoms with Crippen molar-refractivity contribution in [1.29, 1.82) is 0 Å². The second kappa shape index (κ2) is 5.94. The van der Waals surface area contributed by atoms with E-state index in [9.17, 15) is 0 Å². The van der Waals surface area contributed by atoms with Crippen molar-refractivity contribution in [3.8, 4) is 0 Å². The summed E-state index contributed by atoms with van der Waals surface area (Å²) in [6, 6.07) is 16.3. The largest absolute Gasteiger partial charge is 0.379 e. The first-order valence-electron chi connectivity index (χ1n) is 6.26. The molecule has 1 aromatic heterocycles. The molecule has 100 valence electrons. The Bertz CT molecular complexity index is 731. The van der Waals surface area contributed by atoms with Crippen LogP contribution in [0.1, 0.15) is 5.56 Å². The summed E-state index contributed by atoms with van der Waals surface area (Å²) in [5.74, 6) is 0. The number of rotatable bonds is 3. The van der Waals surface area contributed by atoms with E-state index in [1.165, 1.54) is 10.9 Å². The molecular weight excluding hydrogens is 380 g/mol. The zero-order valence-electron chi connectivity index (χ0n) is 10.6. The third-order valence-corrected chi connectivity index (χ3v) is 4.48. The standard InChI is InChI=1S/C16H12Br2N2/c17-13-5-3-6-14(18)16(13)20-10-11-8-9-19-15-7-2-1-4-12(11)15/h1-9,20H,10H2. The van der Waals surface area contributed by atoms with Gasteiger partial charge in [0, 0.05) is 27.1 Å². The third kappa shape index (κ3) is 2.72. The van der Waals surface area contributed by atoms with E-state index in [0.29, 0.717) is 0 Å². The lowest BCUT2D eigenvalue weighted by molar-refractivity contribution is 1.15. The number of nitrogens with zero attached hydrogens (tertiary/aromatic N) is 1. The van der Waals surface area contributed by atoms with Gasteiger partial charge < -0.3 is 5.32 Å². The maximum absolute atomic E-state index is 4.39. The fourth-order valence-corrected chi connectivity index (χ4v) is 3.44. The fourth-order valence-electron chi connectivity index (χ4n) is 2.16. The molecule has 0 bridgehead atoms. The lowest BCUT2D eigenvalue weighted by atomic mass is 10.1. The Morgan fingerprint density at radius 2 is 1.65 bits per heavy atom. The van der Waals surface area contributed by atoms with Crippen molar-refractivity contribution in [1.82, 2.24) is 4.98 Å². The average Bonchev–Trinajstić information content (AvgIpc) is 2.47. The Hall–Kier alpha value is -1.39. The molecule has 0 spiro atoms. The van der Waals surface area contributed by atoms with Crippen LogP contribution in [-0.2, 0) is 6.54 Å². The molecule has 0 radical (unpaired) electrons. The van der Waals surface area contributed by atoms with Gasteiger partial charge in [-0.3, -0.25) is 4.98 Å². The second-order valence-electron chi connectivity index (χ2n) is 4.44. The van der Waals surface area contributed by atoms with Crippen molar-refractivity contribution >= 4 is 48.5 Å². The number of halogens is 2. The van der Waals surface area contributed by atoms with Crippen LogP contribution in [0.5, 0.6) is 0 Å². The summed E-state index contributed by atoms with van der Waals surface area (Å²) in [6.45, 7) is 0.754. The van der Waals surface area contributed by atoms with E-state index >= 15 is 0 Å². The van der Waals surface area contributed by atoms with Crippen LogP contribution in [0.2, 0.25) is 0 Å². The molecule has 0 aliphatic rings. The smallest absolute Gasteiger partial charge is 0.0705 e. The highest BCUT2D eigenvalue weighted by molar-refractivity contribution is 9.11. The number of pyridine rings is 1. The van der Waals surface area contributed by atoms with Crippen LogP contribution in [0.25, 0.3) is 10.9 Å². The summed E-state index contributed by atoms with van der Waals surface area (Å²) in [7, 11) is 0. The summed E-state index contributed by atoms with van der Waals surface area (Å²) in [5.41, 5.74) is 3.32. The Kier molecular flexibility index (Phi) is 4.03. The normalized spacial score (nSPS) is 10.7. The zero-order chi connectivity index (χ0) is 13.9. The molecule has 1 heterocycles. The van der Waals surface area contributed by atoms with Crippen LogP contribution in [0.3, 0.4) is 0 Å². The van der Waals surface area contributed by atoms with Gasteiger partial charge in [-0.1, -0.05) is 24.3 Å². The van der Waals surface area contributed by atoms with Gasteiger partial charge in [-0.25, -0.2) is 0 Å². The first-order chi connectivity index (χ1) is 9.75. The number of nitrogens with one attached hydrogen (secondary N) is 1. The van der Waals surface area contributed by atoms with Gasteiger partial charge >= 0.3 is 0 Å². The van der Waals surface area contributed by atoms with Crippen molar-refractivity contribution in [2.24, 2.45) is 0 Å². The molecular formula is C16H12Br2N2. The molecule has 3 rings (SSSR count). The second-order valence-corrected chi connectivity index (χ2v) is 6.15.